The van der Waals surface area contributed by atoms with E-state index in [0.717, 1.165) is 5.56 Å². The van der Waals surface area contributed by atoms with Crippen LogP contribution in [-0.4, -0.2) is 25.2 Å². The van der Waals surface area contributed by atoms with E-state index < -0.39 is 6.04 Å². The Balaban J connectivity index is 2.65. The van der Waals surface area contributed by atoms with Crippen LogP contribution in [0.25, 0.3) is 0 Å². The Hall–Kier alpha value is -2.22. The van der Waals surface area contributed by atoms with Gasteiger partial charge in [-0.3, -0.25) is 4.79 Å². The standard InChI is InChI=1S/C16H22N2O3/c1-4-20-14-8-6-13(10-15(14)21-5-2)7-9-16(19)18-12(3)11-17/h6,8,10,12H,4-5,7,9H2,1-3H3,(H,18,19). The number of carbonyl (C=O) groups is 1. The summed E-state index contributed by atoms with van der Waals surface area (Å²) < 4.78 is 11.0. The van der Waals surface area contributed by atoms with Crippen LogP contribution in [0.4, 0.5) is 0 Å². The van der Waals surface area contributed by atoms with Crippen molar-refractivity contribution in [2.45, 2.75) is 39.7 Å². The molecule has 5 nitrogen and oxygen atoms in total. The van der Waals surface area contributed by atoms with Crippen LogP contribution in [0.3, 0.4) is 0 Å². The molecule has 0 aromatic heterocycles. The lowest BCUT2D eigenvalue weighted by atomic mass is 10.1. The third-order valence-electron chi connectivity index (χ3n) is 2.82. The number of carbonyl (C=O) groups excluding carboxylic acids is 1. The highest BCUT2D eigenvalue weighted by Crippen LogP contribution is 2.28. The Labute approximate surface area is 125 Å². The Morgan fingerprint density at radius 3 is 2.57 bits per heavy atom. The van der Waals surface area contributed by atoms with Crippen molar-refractivity contribution >= 4 is 5.91 Å². The third-order valence-corrected chi connectivity index (χ3v) is 2.82. The fraction of sp³-hybridized carbons (Fsp3) is 0.500. The molecule has 1 unspecified atom stereocenters. The maximum Gasteiger partial charge on any atom is 0.221 e. The first-order valence-corrected chi connectivity index (χ1v) is 7.18. The molecule has 5 heteroatoms. The summed E-state index contributed by atoms with van der Waals surface area (Å²) in [6, 6.07) is 7.20. The minimum absolute atomic E-state index is 0.129. The Bertz CT molecular complexity index is 509. The van der Waals surface area contributed by atoms with Crippen molar-refractivity contribution in [2.75, 3.05) is 13.2 Å². The molecule has 0 radical (unpaired) electrons. The van der Waals surface area contributed by atoms with Crippen LogP contribution in [-0.2, 0) is 11.2 Å². The molecule has 1 rings (SSSR count). The zero-order chi connectivity index (χ0) is 15.7. The minimum atomic E-state index is -0.461. The second kappa shape index (κ2) is 8.85. The topological polar surface area (TPSA) is 71.3 Å². The van der Waals surface area contributed by atoms with Crippen LogP contribution >= 0.6 is 0 Å². The molecular formula is C16H22N2O3. The van der Waals surface area contributed by atoms with E-state index in [9.17, 15) is 4.79 Å². The molecule has 0 bridgehead atoms. The van der Waals surface area contributed by atoms with Crippen molar-refractivity contribution in [3.05, 3.63) is 23.8 Å². The second-order valence-corrected chi connectivity index (χ2v) is 4.57. The first-order chi connectivity index (χ1) is 10.1. The molecule has 1 N–H and O–H groups in total. The molecule has 1 aromatic rings. The van der Waals surface area contributed by atoms with Crippen LogP contribution in [0, 0.1) is 11.3 Å². The maximum absolute atomic E-state index is 11.6. The molecule has 21 heavy (non-hydrogen) atoms. The summed E-state index contributed by atoms with van der Waals surface area (Å²) in [6.07, 6.45) is 0.933. The van der Waals surface area contributed by atoms with Crippen LogP contribution in [0.5, 0.6) is 11.5 Å². The number of hydrogen-bond donors (Lipinski definition) is 1. The van der Waals surface area contributed by atoms with Gasteiger partial charge in [0.25, 0.3) is 0 Å². The summed E-state index contributed by atoms with van der Waals surface area (Å²) in [4.78, 5) is 11.6. The number of amides is 1. The quantitative estimate of drug-likeness (QED) is 0.798. The monoisotopic (exact) mass is 290 g/mol. The number of hydrogen-bond acceptors (Lipinski definition) is 4. The lowest BCUT2D eigenvalue weighted by molar-refractivity contribution is -0.121. The van der Waals surface area contributed by atoms with Crippen molar-refractivity contribution in [3.8, 4) is 17.6 Å². The third kappa shape index (κ3) is 5.74. The zero-order valence-electron chi connectivity index (χ0n) is 12.8. The van der Waals surface area contributed by atoms with Crippen LogP contribution in [0.1, 0.15) is 32.8 Å². The van der Waals surface area contributed by atoms with Gasteiger partial charge in [-0.25, -0.2) is 0 Å². The van der Waals surface area contributed by atoms with Crippen molar-refractivity contribution < 1.29 is 14.3 Å². The van der Waals surface area contributed by atoms with Crippen LogP contribution in [0.15, 0.2) is 18.2 Å². The van der Waals surface area contributed by atoms with Gasteiger partial charge >= 0.3 is 0 Å². The summed E-state index contributed by atoms with van der Waals surface area (Å²) in [5.41, 5.74) is 1.00. The molecular weight excluding hydrogens is 268 g/mol. The van der Waals surface area contributed by atoms with Gasteiger partial charge < -0.3 is 14.8 Å². The Morgan fingerprint density at radius 2 is 1.95 bits per heavy atom. The molecule has 0 saturated carbocycles. The van der Waals surface area contributed by atoms with Gasteiger partial charge in [0.05, 0.1) is 19.3 Å². The average molecular weight is 290 g/mol. The van der Waals surface area contributed by atoms with Crippen LogP contribution < -0.4 is 14.8 Å². The molecule has 0 spiro atoms. The van der Waals surface area contributed by atoms with Crippen molar-refractivity contribution in [2.24, 2.45) is 0 Å². The normalized spacial score (nSPS) is 11.3. The summed E-state index contributed by atoms with van der Waals surface area (Å²) >= 11 is 0. The SMILES string of the molecule is CCOc1ccc(CCC(=O)NC(C)C#N)cc1OCC. The number of nitrogens with one attached hydrogen (secondary N) is 1. The van der Waals surface area contributed by atoms with E-state index in [1.165, 1.54) is 0 Å². The smallest absolute Gasteiger partial charge is 0.221 e. The van der Waals surface area contributed by atoms with E-state index in [4.69, 9.17) is 14.7 Å². The molecule has 0 aliphatic heterocycles. The Kier molecular flexibility index (Phi) is 7.10. The van der Waals surface area contributed by atoms with E-state index in [-0.39, 0.29) is 5.91 Å². The largest absolute Gasteiger partial charge is 0.490 e. The number of benzene rings is 1. The fourth-order valence-electron chi connectivity index (χ4n) is 1.85. The molecule has 0 aliphatic rings. The lowest BCUT2D eigenvalue weighted by Gasteiger charge is -2.12. The minimum Gasteiger partial charge on any atom is -0.490 e. The summed E-state index contributed by atoms with van der Waals surface area (Å²) in [7, 11) is 0. The molecule has 114 valence electrons. The molecule has 0 saturated heterocycles. The van der Waals surface area contributed by atoms with E-state index in [1.807, 2.05) is 38.1 Å². The van der Waals surface area contributed by atoms with Crippen molar-refractivity contribution in [1.82, 2.24) is 5.32 Å². The van der Waals surface area contributed by atoms with Gasteiger partial charge in [0.15, 0.2) is 11.5 Å². The molecule has 0 fully saturated rings. The molecule has 1 atom stereocenters. The highest BCUT2D eigenvalue weighted by Gasteiger charge is 2.09. The zero-order valence-corrected chi connectivity index (χ0v) is 12.8. The van der Waals surface area contributed by atoms with Crippen LogP contribution in [0.2, 0.25) is 0 Å². The lowest BCUT2D eigenvalue weighted by Crippen LogP contribution is -2.31. The predicted octanol–water partition coefficient (Wildman–Crippen LogP) is 2.44. The Morgan fingerprint density at radius 1 is 1.29 bits per heavy atom. The first-order valence-electron chi connectivity index (χ1n) is 7.18. The molecule has 0 heterocycles. The average Bonchev–Trinajstić information content (AvgIpc) is 2.47. The van der Waals surface area contributed by atoms with E-state index in [0.29, 0.717) is 37.6 Å². The number of ether oxygens (including phenoxy) is 2. The number of aryl methyl sites for hydroxylation is 1. The molecule has 0 aliphatic carbocycles. The fourth-order valence-corrected chi connectivity index (χ4v) is 1.85. The maximum atomic E-state index is 11.6. The van der Waals surface area contributed by atoms with Crippen molar-refractivity contribution in [1.29, 1.82) is 5.26 Å². The highest BCUT2D eigenvalue weighted by atomic mass is 16.5. The van der Waals surface area contributed by atoms with Gasteiger partial charge in [-0.1, -0.05) is 6.07 Å². The van der Waals surface area contributed by atoms with Crippen molar-refractivity contribution in [3.63, 3.8) is 0 Å². The molecule has 1 aromatic carbocycles. The second-order valence-electron chi connectivity index (χ2n) is 4.57. The van der Waals surface area contributed by atoms with E-state index in [1.54, 1.807) is 6.92 Å². The van der Waals surface area contributed by atoms with Gasteiger partial charge in [-0.2, -0.15) is 5.26 Å². The summed E-state index contributed by atoms with van der Waals surface area (Å²) in [6.45, 7) is 6.63. The predicted molar refractivity (Wildman–Crippen MR) is 80.3 cm³/mol. The highest BCUT2D eigenvalue weighted by molar-refractivity contribution is 5.76. The first kappa shape index (κ1) is 16.8. The summed E-state index contributed by atoms with van der Waals surface area (Å²) in [5.74, 6) is 1.28. The van der Waals surface area contributed by atoms with Gasteiger partial charge in [0, 0.05) is 6.42 Å². The number of nitrogens with zero attached hydrogens (tertiary/aromatic N) is 1. The molecule has 1 amide bonds. The number of nitriles is 1. The van der Waals surface area contributed by atoms with Gasteiger partial charge in [0.2, 0.25) is 5.91 Å². The van der Waals surface area contributed by atoms with Gasteiger partial charge in [-0.05, 0) is 44.9 Å². The van der Waals surface area contributed by atoms with E-state index >= 15 is 0 Å². The summed E-state index contributed by atoms with van der Waals surface area (Å²) in [5, 5.41) is 11.3. The number of rotatable bonds is 8. The van der Waals surface area contributed by atoms with E-state index in [2.05, 4.69) is 5.32 Å². The van der Waals surface area contributed by atoms with Gasteiger partial charge in [-0.15, -0.1) is 0 Å². The van der Waals surface area contributed by atoms with Gasteiger partial charge in [0.1, 0.15) is 6.04 Å².